The van der Waals surface area contributed by atoms with Crippen molar-refractivity contribution in [3.63, 3.8) is 0 Å². The molecule has 1 aliphatic heterocycles. The number of rotatable bonds is 4. The molecule has 1 aromatic carbocycles. The lowest BCUT2D eigenvalue weighted by Crippen LogP contribution is -2.11. The lowest BCUT2D eigenvalue weighted by molar-refractivity contribution is -0.115. The number of fused-ring (bicyclic) bond motifs is 1. The van der Waals surface area contributed by atoms with Crippen LogP contribution in [0.5, 0.6) is 11.5 Å². The first-order chi connectivity index (χ1) is 9.76. The SMILES string of the molecule is O=C(CCCl)Nc1nnc(-c2ccc3c(c2)OCO3)s1. The summed E-state index contributed by atoms with van der Waals surface area (Å²) in [7, 11) is 0. The number of hydrogen-bond donors (Lipinski definition) is 1. The van der Waals surface area contributed by atoms with Crippen molar-refractivity contribution < 1.29 is 14.3 Å². The Kier molecular flexibility index (Phi) is 3.70. The predicted molar refractivity (Wildman–Crippen MR) is 75.4 cm³/mol. The summed E-state index contributed by atoms with van der Waals surface area (Å²) in [6.07, 6.45) is 0.250. The van der Waals surface area contributed by atoms with Gasteiger partial charge in [0.05, 0.1) is 0 Å². The van der Waals surface area contributed by atoms with Crippen LogP contribution in [-0.2, 0) is 4.79 Å². The van der Waals surface area contributed by atoms with E-state index in [2.05, 4.69) is 15.5 Å². The third kappa shape index (κ3) is 2.68. The summed E-state index contributed by atoms with van der Waals surface area (Å²) in [4.78, 5) is 11.4. The summed E-state index contributed by atoms with van der Waals surface area (Å²) in [5.41, 5.74) is 0.865. The molecular formula is C12H10ClN3O3S. The summed E-state index contributed by atoms with van der Waals surface area (Å²) < 4.78 is 10.6. The molecule has 1 amide bonds. The van der Waals surface area contributed by atoms with Crippen LogP contribution in [-0.4, -0.2) is 28.8 Å². The molecule has 8 heteroatoms. The first-order valence-corrected chi connectivity index (χ1v) is 7.21. The Bertz CT molecular complexity index is 647. The number of carbonyl (C=O) groups excluding carboxylic acids is 1. The molecule has 6 nitrogen and oxygen atoms in total. The van der Waals surface area contributed by atoms with Gasteiger partial charge in [0.2, 0.25) is 17.8 Å². The fraction of sp³-hybridized carbons (Fsp3) is 0.250. The molecule has 0 radical (unpaired) electrons. The summed E-state index contributed by atoms with van der Waals surface area (Å²) in [5.74, 6) is 1.51. The Hall–Kier alpha value is -1.86. The second-order valence-corrected chi connectivity index (χ2v) is 5.32. The van der Waals surface area contributed by atoms with Crippen LogP contribution in [0.2, 0.25) is 0 Å². The van der Waals surface area contributed by atoms with Crippen LogP contribution in [0.1, 0.15) is 6.42 Å². The smallest absolute Gasteiger partial charge is 0.231 e. The zero-order valence-electron chi connectivity index (χ0n) is 10.3. The molecule has 2 aromatic rings. The second kappa shape index (κ2) is 5.64. The number of alkyl halides is 1. The number of aromatic nitrogens is 2. The molecule has 0 unspecified atom stereocenters. The Labute approximate surface area is 123 Å². The molecule has 0 saturated carbocycles. The third-order valence-electron chi connectivity index (χ3n) is 2.61. The van der Waals surface area contributed by atoms with Crippen LogP contribution in [0, 0.1) is 0 Å². The predicted octanol–water partition coefficient (Wildman–Crippen LogP) is 2.50. The standard InChI is InChI=1S/C12H10ClN3O3S/c13-4-3-10(17)14-12-16-15-11(20-12)7-1-2-8-9(5-7)19-6-18-8/h1-2,5H,3-4,6H2,(H,14,16,17). The van der Waals surface area contributed by atoms with E-state index in [9.17, 15) is 4.79 Å². The van der Waals surface area contributed by atoms with E-state index in [-0.39, 0.29) is 25.0 Å². The van der Waals surface area contributed by atoms with E-state index in [4.69, 9.17) is 21.1 Å². The molecule has 0 spiro atoms. The molecule has 0 fully saturated rings. The normalized spacial score (nSPS) is 12.4. The van der Waals surface area contributed by atoms with Crippen LogP contribution >= 0.6 is 22.9 Å². The molecule has 0 aliphatic carbocycles. The molecule has 1 aromatic heterocycles. The zero-order valence-corrected chi connectivity index (χ0v) is 11.8. The average Bonchev–Trinajstić information content (AvgIpc) is 3.06. The monoisotopic (exact) mass is 311 g/mol. The van der Waals surface area contributed by atoms with Gasteiger partial charge in [0.1, 0.15) is 5.01 Å². The summed E-state index contributed by atoms with van der Waals surface area (Å²) in [6.45, 7) is 0.231. The minimum absolute atomic E-state index is 0.173. The van der Waals surface area contributed by atoms with Gasteiger partial charge in [-0.05, 0) is 18.2 Å². The molecule has 1 N–H and O–H groups in total. The third-order valence-corrected chi connectivity index (χ3v) is 3.69. The number of anilines is 1. The number of hydrogen-bond acceptors (Lipinski definition) is 6. The van der Waals surface area contributed by atoms with Crippen molar-refractivity contribution in [3.8, 4) is 22.1 Å². The van der Waals surface area contributed by atoms with Crippen molar-refractivity contribution in [2.45, 2.75) is 6.42 Å². The van der Waals surface area contributed by atoms with Crippen LogP contribution in [0.15, 0.2) is 18.2 Å². The quantitative estimate of drug-likeness (QED) is 0.878. The minimum Gasteiger partial charge on any atom is -0.454 e. The van der Waals surface area contributed by atoms with Crippen molar-refractivity contribution in [1.29, 1.82) is 0 Å². The maximum absolute atomic E-state index is 11.4. The van der Waals surface area contributed by atoms with E-state index in [0.29, 0.717) is 21.6 Å². The Morgan fingerprint density at radius 3 is 3.05 bits per heavy atom. The van der Waals surface area contributed by atoms with E-state index in [1.165, 1.54) is 11.3 Å². The highest BCUT2D eigenvalue weighted by molar-refractivity contribution is 7.18. The average molecular weight is 312 g/mol. The van der Waals surface area contributed by atoms with Crippen LogP contribution in [0.4, 0.5) is 5.13 Å². The first kappa shape index (κ1) is 13.1. The van der Waals surface area contributed by atoms with Gasteiger partial charge in [-0.2, -0.15) is 0 Å². The zero-order chi connectivity index (χ0) is 13.9. The topological polar surface area (TPSA) is 73.3 Å². The summed E-state index contributed by atoms with van der Waals surface area (Å²) >= 11 is 6.79. The number of ether oxygens (including phenoxy) is 2. The molecule has 104 valence electrons. The molecule has 0 bridgehead atoms. The van der Waals surface area contributed by atoms with Crippen molar-refractivity contribution in [1.82, 2.24) is 10.2 Å². The fourth-order valence-corrected chi connectivity index (χ4v) is 2.62. The number of amides is 1. The number of benzene rings is 1. The van der Waals surface area contributed by atoms with Crippen LogP contribution in [0.3, 0.4) is 0 Å². The maximum atomic E-state index is 11.4. The maximum Gasteiger partial charge on any atom is 0.231 e. The molecule has 0 atom stereocenters. The summed E-state index contributed by atoms with van der Waals surface area (Å²) in [5, 5.41) is 11.8. The highest BCUT2D eigenvalue weighted by atomic mass is 35.5. The fourth-order valence-electron chi connectivity index (χ4n) is 1.69. The van der Waals surface area contributed by atoms with Gasteiger partial charge in [-0.25, -0.2) is 0 Å². The van der Waals surface area contributed by atoms with E-state index in [1.807, 2.05) is 18.2 Å². The molecular weight excluding hydrogens is 302 g/mol. The van der Waals surface area contributed by atoms with Gasteiger partial charge >= 0.3 is 0 Å². The summed E-state index contributed by atoms with van der Waals surface area (Å²) in [6, 6.07) is 5.54. The molecule has 20 heavy (non-hydrogen) atoms. The van der Waals surface area contributed by atoms with Gasteiger partial charge < -0.3 is 14.8 Å². The second-order valence-electron chi connectivity index (χ2n) is 3.97. The van der Waals surface area contributed by atoms with Gasteiger partial charge in [0.15, 0.2) is 11.5 Å². The first-order valence-electron chi connectivity index (χ1n) is 5.85. The number of nitrogens with one attached hydrogen (secondary N) is 1. The van der Waals surface area contributed by atoms with Crippen molar-refractivity contribution in [2.75, 3.05) is 18.0 Å². The van der Waals surface area contributed by atoms with Crippen molar-refractivity contribution in [3.05, 3.63) is 18.2 Å². The highest BCUT2D eigenvalue weighted by Gasteiger charge is 2.16. The van der Waals surface area contributed by atoms with Crippen LogP contribution in [0.25, 0.3) is 10.6 Å². The van der Waals surface area contributed by atoms with Crippen LogP contribution < -0.4 is 14.8 Å². The highest BCUT2D eigenvalue weighted by Crippen LogP contribution is 2.37. The van der Waals surface area contributed by atoms with E-state index >= 15 is 0 Å². The van der Waals surface area contributed by atoms with E-state index in [0.717, 1.165) is 5.56 Å². The van der Waals surface area contributed by atoms with E-state index in [1.54, 1.807) is 0 Å². The van der Waals surface area contributed by atoms with Crippen molar-refractivity contribution in [2.24, 2.45) is 0 Å². The minimum atomic E-state index is -0.173. The lowest BCUT2D eigenvalue weighted by Gasteiger charge is -1.98. The molecule has 3 rings (SSSR count). The number of halogens is 1. The number of carbonyl (C=O) groups is 1. The molecule has 1 aliphatic rings. The molecule has 0 saturated heterocycles. The van der Waals surface area contributed by atoms with Gasteiger partial charge in [-0.1, -0.05) is 11.3 Å². The lowest BCUT2D eigenvalue weighted by atomic mass is 10.2. The van der Waals surface area contributed by atoms with Crippen molar-refractivity contribution >= 4 is 34.0 Å². The Balaban J connectivity index is 1.78. The van der Waals surface area contributed by atoms with E-state index < -0.39 is 0 Å². The Morgan fingerprint density at radius 2 is 2.20 bits per heavy atom. The largest absolute Gasteiger partial charge is 0.454 e. The van der Waals surface area contributed by atoms with Gasteiger partial charge in [-0.3, -0.25) is 4.79 Å². The number of nitrogens with zero attached hydrogens (tertiary/aromatic N) is 2. The Morgan fingerprint density at radius 1 is 1.35 bits per heavy atom. The van der Waals surface area contributed by atoms with Gasteiger partial charge in [0.25, 0.3) is 0 Å². The van der Waals surface area contributed by atoms with Gasteiger partial charge in [0, 0.05) is 17.9 Å². The van der Waals surface area contributed by atoms with Gasteiger partial charge in [-0.15, -0.1) is 21.8 Å². The molecule has 2 heterocycles.